The molecule has 35 heavy (non-hydrogen) atoms. The Bertz CT molecular complexity index is 1470. The van der Waals surface area contributed by atoms with Crippen molar-refractivity contribution >= 4 is 40.8 Å². The third-order valence-electron chi connectivity index (χ3n) is 5.37. The summed E-state index contributed by atoms with van der Waals surface area (Å²) in [5.41, 5.74) is 6.78. The second-order valence-corrected chi connectivity index (χ2v) is 8.27. The molecule has 0 radical (unpaired) electrons. The number of allylic oxidation sites excluding steroid dienone is 1. The van der Waals surface area contributed by atoms with Gasteiger partial charge in [0, 0.05) is 39.8 Å². The van der Waals surface area contributed by atoms with Crippen LogP contribution in [0.1, 0.15) is 22.3 Å². The molecule has 3 aromatic carbocycles. The van der Waals surface area contributed by atoms with Crippen LogP contribution in [0.4, 0.5) is 23.1 Å². The molecule has 1 aromatic heterocycles. The average Bonchev–Trinajstić information content (AvgIpc) is 2.86. The second-order valence-electron chi connectivity index (χ2n) is 7.87. The molecular formula is C28H21ClN6. The van der Waals surface area contributed by atoms with Crippen LogP contribution in [0, 0.1) is 36.5 Å². The number of nitrogens with zero attached hydrogens (tertiary/aromatic N) is 4. The first-order valence-electron chi connectivity index (χ1n) is 10.8. The number of aromatic nitrogens is 2. The number of nitriles is 2. The second kappa shape index (κ2) is 10.5. The lowest BCUT2D eigenvalue weighted by Crippen LogP contribution is -2.05. The molecule has 4 aromatic rings. The molecule has 0 aliphatic carbocycles. The lowest BCUT2D eigenvalue weighted by atomic mass is 10.0. The van der Waals surface area contributed by atoms with Gasteiger partial charge in [0.2, 0.25) is 5.95 Å². The van der Waals surface area contributed by atoms with E-state index in [2.05, 4.69) is 21.7 Å². The van der Waals surface area contributed by atoms with Crippen molar-refractivity contribution in [1.29, 1.82) is 10.5 Å². The van der Waals surface area contributed by atoms with E-state index in [9.17, 15) is 0 Å². The number of hydrogen-bond acceptors (Lipinski definition) is 6. The smallest absolute Gasteiger partial charge is 0.229 e. The first-order chi connectivity index (χ1) is 17.0. The molecular weight excluding hydrogens is 456 g/mol. The van der Waals surface area contributed by atoms with Crippen molar-refractivity contribution < 1.29 is 0 Å². The van der Waals surface area contributed by atoms with E-state index in [1.54, 1.807) is 36.5 Å². The number of anilines is 4. The number of halogens is 1. The Hall–Kier alpha value is -4.65. The van der Waals surface area contributed by atoms with E-state index in [0.717, 1.165) is 39.2 Å². The Morgan fingerprint density at radius 1 is 0.914 bits per heavy atom. The first kappa shape index (κ1) is 23.5. The molecule has 0 fully saturated rings. The highest BCUT2D eigenvalue weighted by Gasteiger charge is 2.15. The maximum atomic E-state index is 9.03. The van der Waals surface area contributed by atoms with E-state index >= 15 is 0 Å². The van der Waals surface area contributed by atoms with E-state index in [1.165, 1.54) is 6.08 Å². The van der Waals surface area contributed by atoms with Crippen LogP contribution in [0.15, 0.2) is 72.9 Å². The molecule has 4 rings (SSSR count). The summed E-state index contributed by atoms with van der Waals surface area (Å²) in [6.07, 6.45) is 4.98. The van der Waals surface area contributed by atoms with Crippen molar-refractivity contribution in [3.05, 3.63) is 100 Å². The van der Waals surface area contributed by atoms with E-state index in [0.29, 0.717) is 22.4 Å². The van der Waals surface area contributed by atoms with Gasteiger partial charge in [0.25, 0.3) is 0 Å². The van der Waals surface area contributed by atoms with E-state index in [1.807, 2.05) is 56.3 Å². The largest absolute Gasteiger partial charge is 0.339 e. The maximum Gasteiger partial charge on any atom is 0.229 e. The van der Waals surface area contributed by atoms with Gasteiger partial charge < -0.3 is 10.6 Å². The molecule has 0 amide bonds. The summed E-state index contributed by atoms with van der Waals surface area (Å²) in [7, 11) is 0. The predicted octanol–water partition coefficient (Wildman–Crippen LogP) is 7.31. The number of rotatable bonds is 6. The summed E-state index contributed by atoms with van der Waals surface area (Å²) < 4.78 is 0. The van der Waals surface area contributed by atoms with Gasteiger partial charge in [0.05, 0.1) is 17.7 Å². The molecule has 0 unspecified atom stereocenters. The zero-order chi connectivity index (χ0) is 24.8. The summed E-state index contributed by atoms with van der Waals surface area (Å²) in [4.78, 5) is 9.27. The first-order valence-corrected chi connectivity index (χ1v) is 11.2. The highest BCUT2D eigenvalue weighted by molar-refractivity contribution is 6.33. The molecule has 0 atom stereocenters. The standard InChI is InChI=1S/C28H21ClN6/c1-18-14-21(6-5-13-30)15-19(2)26(18)34-27-24(23-7-3-4-8-25(23)29)17-32-28(35-27)33-22-11-9-20(16-31)10-12-22/h3-12,14-15,17H,1-2H3,(H2,32,33,34,35). The molecule has 0 saturated heterocycles. The molecule has 170 valence electrons. The normalized spacial score (nSPS) is 10.5. The number of benzene rings is 3. The number of hydrogen-bond donors (Lipinski definition) is 2. The lowest BCUT2D eigenvalue weighted by Gasteiger charge is -2.17. The van der Waals surface area contributed by atoms with Crippen molar-refractivity contribution in [2.75, 3.05) is 10.6 Å². The lowest BCUT2D eigenvalue weighted by molar-refractivity contribution is 1.16. The van der Waals surface area contributed by atoms with Crippen LogP contribution in [-0.4, -0.2) is 9.97 Å². The minimum Gasteiger partial charge on any atom is -0.339 e. The van der Waals surface area contributed by atoms with Crippen LogP contribution >= 0.6 is 11.6 Å². The summed E-state index contributed by atoms with van der Waals surface area (Å²) in [5, 5.41) is 25.1. The third kappa shape index (κ3) is 5.47. The molecule has 0 bridgehead atoms. The van der Waals surface area contributed by atoms with Gasteiger partial charge in [-0.05, 0) is 79.1 Å². The molecule has 2 N–H and O–H groups in total. The van der Waals surface area contributed by atoms with Gasteiger partial charge in [-0.15, -0.1) is 0 Å². The van der Waals surface area contributed by atoms with Gasteiger partial charge in [0.1, 0.15) is 5.82 Å². The van der Waals surface area contributed by atoms with Gasteiger partial charge in [0.15, 0.2) is 0 Å². The Labute approximate surface area is 209 Å². The summed E-state index contributed by atoms with van der Waals surface area (Å²) in [6, 6.07) is 22.8. The molecule has 0 aliphatic heterocycles. The van der Waals surface area contributed by atoms with Crippen molar-refractivity contribution in [2.45, 2.75) is 13.8 Å². The molecule has 0 aliphatic rings. The fraction of sp³-hybridized carbons (Fsp3) is 0.0714. The van der Waals surface area contributed by atoms with Crippen LogP contribution < -0.4 is 10.6 Å². The third-order valence-corrected chi connectivity index (χ3v) is 5.70. The number of aryl methyl sites for hydroxylation is 2. The Kier molecular flexibility index (Phi) is 7.07. The van der Waals surface area contributed by atoms with Gasteiger partial charge in [-0.25, -0.2) is 4.98 Å². The van der Waals surface area contributed by atoms with Gasteiger partial charge in [-0.2, -0.15) is 15.5 Å². The van der Waals surface area contributed by atoms with Gasteiger partial charge in [-0.3, -0.25) is 0 Å². The summed E-state index contributed by atoms with van der Waals surface area (Å²) in [5.74, 6) is 0.993. The van der Waals surface area contributed by atoms with Crippen LogP contribution in [0.2, 0.25) is 5.02 Å². The van der Waals surface area contributed by atoms with Crippen LogP contribution in [-0.2, 0) is 0 Å². The van der Waals surface area contributed by atoms with Gasteiger partial charge in [-0.1, -0.05) is 29.8 Å². The maximum absolute atomic E-state index is 9.03. The van der Waals surface area contributed by atoms with Crippen LogP contribution in [0.25, 0.3) is 17.2 Å². The van der Waals surface area contributed by atoms with E-state index < -0.39 is 0 Å². The Morgan fingerprint density at radius 2 is 1.63 bits per heavy atom. The molecule has 0 saturated carbocycles. The van der Waals surface area contributed by atoms with Crippen LogP contribution in [0.5, 0.6) is 0 Å². The van der Waals surface area contributed by atoms with Crippen molar-refractivity contribution in [2.24, 2.45) is 0 Å². The topological polar surface area (TPSA) is 97.4 Å². The minimum atomic E-state index is 0.400. The molecule has 0 spiro atoms. The SMILES string of the molecule is Cc1cc(C=CC#N)cc(C)c1Nc1nc(Nc2ccc(C#N)cc2)ncc1-c1ccccc1Cl. The van der Waals surface area contributed by atoms with Crippen molar-refractivity contribution in [3.8, 4) is 23.3 Å². The Balaban J connectivity index is 1.76. The predicted molar refractivity (Wildman–Crippen MR) is 141 cm³/mol. The van der Waals surface area contributed by atoms with Crippen molar-refractivity contribution in [1.82, 2.24) is 9.97 Å². The quantitative estimate of drug-likeness (QED) is 0.283. The zero-order valence-electron chi connectivity index (χ0n) is 19.2. The highest BCUT2D eigenvalue weighted by Crippen LogP contribution is 2.36. The minimum absolute atomic E-state index is 0.400. The summed E-state index contributed by atoms with van der Waals surface area (Å²) >= 11 is 6.50. The van der Waals surface area contributed by atoms with E-state index in [-0.39, 0.29) is 0 Å². The fourth-order valence-electron chi connectivity index (χ4n) is 3.71. The Morgan fingerprint density at radius 3 is 2.29 bits per heavy atom. The average molecular weight is 477 g/mol. The summed E-state index contributed by atoms with van der Waals surface area (Å²) in [6.45, 7) is 4.01. The highest BCUT2D eigenvalue weighted by atomic mass is 35.5. The fourth-order valence-corrected chi connectivity index (χ4v) is 3.95. The molecule has 1 heterocycles. The zero-order valence-corrected chi connectivity index (χ0v) is 19.9. The molecule has 7 heteroatoms. The van der Waals surface area contributed by atoms with Gasteiger partial charge >= 0.3 is 0 Å². The van der Waals surface area contributed by atoms with E-state index in [4.69, 9.17) is 27.1 Å². The van der Waals surface area contributed by atoms with Crippen LogP contribution in [0.3, 0.4) is 0 Å². The molecule has 6 nitrogen and oxygen atoms in total. The monoisotopic (exact) mass is 476 g/mol. The number of nitrogens with one attached hydrogen (secondary N) is 2. The van der Waals surface area contributed by atoms with Crippen molar-refractivity contribution in [3.63, 3.8) is 0 Å².